The lowest BCUT2D eigenvalue weighted by Gasteiger charge is -2.08. The minimum absolute atomic E-state index is 0.136. The van der Waals surface area contributed by atoms with Crippen LogP contribution in [-0.4, -0.2) is 29.5 Å². The molecule has 0 radical (unpaired) electrons. The molecule has 0 N–H and O–H groups in total. The van der Waals surface area contributed by atoms with Gasteiger partial charge in [0.25, 0.3) is 0 Å². The first-order chi connectivity index (χ1) is 8.34. The van der Waals surface area contributed by atoms with Crippen LogP contribution in [0, 0.1) is 21.4 Å². The molecule has 0 saturated carbocycles. The molecule has 0 bridgehead atoms. The third-order valence-corrected chi connectivity index (χ3v) is 4.87. The van der Waals surface area contributed by atoms with Crippen molar-refractivity contribution in [2.45, 2.75) is 17.2 Å². The van der Waals surface area contributed by atoms with Crippen molar-refractivity contribution in [2.24, 2.45) is 0 Å². The average molecular weight is 290 g/mol. The van der Waals surface area contributed by atoms with Gasteiger partial charge in [0, 0.05) is 11.9 Å². The van der Waals surface area contributed by atoms with E-state index in [1.807, 2.05) is 0 Å². The van der Waals surface area contributed by atoms with E-state index in [9.17, 15) is 18.5 Å². The summed E-state index contributed by atoms with van der Waals surface area (Å²) >= 11 is 5.46. The van der Waals surface area contributed by atoms with Gasteiger partial charge in [0.1, 0.15) is 6.07 Å². The molecule has 96 valence electrons. The van der Waals surface area contributed by atoms with Gasteiger partial charge in [0.2, 0.25) is 5.69 Å². The summed E-state index contributed by atoms with van der Waals surface area (Å²) in [5, 5.41) is 18.0. The summed E-state index contributed by atoms with van der Waals surface area (Å²) in [6.45, 7) is 1.39. The number of nitro groups is 1. The van der Waals surface area contributed by atoms with E-state index in [1.54, 1.807) is 0 Å². The van der Waals surface area contributed by atoms with Gasteiger partial charge in [-0.25, -0.2) is 13.4 Å². The van der Waals surface area contributed by atoms with Crippen molar-refractivity contribution in [1.29, 1.82) is 5.26 Å². The zero-order chi connectivity index (χ0) is 13.9. The molecule has 0 aromatic carbocycles. The molecule has 18 heavy (non-hydrogen) atoms. The summed E-state index contributed by atoms with van der Waals surface area (Å²) in [6.07, 6.45) is 0. The highest BCUT2D eigenvalue weighted by atomic mass is 35.5. The minimum atomic E-state index is -3.78. The van der Waals surface area contributed by atoms with Gasteiger partial charge in [0.15, 0.2) is 14.9 Å². The molecule has 1 atom stereocenters. The molecule has 0 spiro atoms. The Morgan fingerprint density at radius 2 is 2.22 bits per heavy atom. The van der Waals surface area contributed by atoms with Gasteiger partial charge in [-0.3, -0.25) is 10.1 Å². The fourth-order valence-corrected chi connectivity index (χ4v) is 2.66. The number of nitriles is 1. The summed E-state index contributed by atoms with van der Waals surface area (Å²) in [7, 11) is -3.78. The third kappa shape index (κ3) is 2.57. The Kier molecular flexibility index (Phi) is 4.21. The lowest BCUT2D eigenvalue weighted by Crippen LogP contribution is -2.21. The molecule has 1 unspecified atom stereocenters. The van der Waals surface area contributed by atoms with Crippen LogP contribution in [0.1, 0.15) is 12.6 Å². The maximum atomic E-state index is 11.9. The van der Waals surface area contributed by atoms with Crippen molar-refractivity contribution in [2.75, 3.05) is 5.88 Å². The molecule has 0 aliphatic carbocycles. The van der Waals surface area contributed by atoms with Crippen molar-refractivity contribution < 1.29 is 13.3 Å². The van der Waals surface area contributed by atoms with Crippen molar-refractivity contribution in [3.8, 4) is 6.07 Å². The topological polar surface area (TPSA) is 114 Å². The van der Waals surface area contributed by atoms with Crippen LogP contribution in [0.5, 0.6) is 0 Å². The second-order valence-electron chi connectivity index (χ2n) is 3.40. The smallest absolute Gasteiger partial charge is 0.258 e. The Balaban J connectivity index is 3.40. The molecule has 7 nitrogen and oxygen atoms in total. The van der Waals surface area contributed by atoms with Gasteiger partial charge >= 0.3 is 5.69 Å². The van der Waals surface area contributed by atoms with Crippen LogP contribution >= 0.6 is 11.6 Å². The molecule has 1 rings (SSSR count). The first-order valence-electron chi connectivity index (χ1n) is 4.70. The van der Waals surface area contributed by atoms with Gasteiger partial charge in [0.05, 0.1) is 10.2 Å². The van der Waals surface area contributed by atoms with Gasteiger partial charge in [-0.15, -0.1) is 11.6 Å². The maximum absolute atomic E-state index is 11.9. The van der Waals surface area contributed by atoms with E-state index >= 15 is 0 Å². The molecule has 1 aromatic heterocycles. The summed E-state index contributed by atoms with van der Waals surface area (Å²) < 4.78 is 23.8. The largest absolute Gasteiger partial charge is 0.305 e. The van der Waals surface area contributed by atoms with Gasteiger partial charge in [-0.2, -0.15) is 5.26 Å². The zero-order valence-electron chi connectivity index (χ0n) is 9.20. The van der Waals surface area contributed by atoms with Crippen LogP contribution in [0.2, 0.25) is 0 Å². The lowest BCUT2D eigenvalue weighted by molar-refractivity contribution is -0.385. The number of rotatable bonds is 4. The Labute approximate surface area is 108 Å². The van der Waals surface area contributed by atoms with Gasteiger partial charge < -0.3 is 0 Å². The molecule has 0 fully saturated rings. The molecular formula is C9H8ClN3O4S. The van der Waals surface area contributed by atoms with Gasteiger partial charge in [-0.05, 0) is 13.0 Å². The van der Waals surface area contributed by atoms with E-state index in [-0.39, 0.29) is 5.88 Å². The molecule has 1 heterocycles. The number of pyridine rings is 1. The number of halogens is 1. The number of alkyl halides is 1. The molecule has 0 aliphatic rings. The summed E-state index contributed by atoms with van der Waals surface area (Å²) in [5.74, 6) is -0.136. The monoisotopic (exact) mass is 289 g/mol. The average Bonchev–Trinajstić information content (AvgIpc) is 2.36. The Morgan fingerprint density at radius 1 is 1.61 bits per heavy atom. The maximum Gasteiger partial charge on any atom is 0.305 e. The number of nitrogens with zero attached hydrogens (tertiary/aromatic N) is 3. The molecule has 0 aliphatic heterocycles. The summed E-state index contributed by atoms with van der Waals surface area (Å²) in [5.41, 5.74) is -1.07. The summed E-state index contributed by atoms with van der Waals surface area (Å²) in [6, 6.07) is 3.44. The van der Waals surface area contributed by atoms with E-state index in [1.165, 1.54) is 13.0 Å². The predicted molar refractivity (Wildman–Crippen MR) is 63.0 cm³/mol. The third-order valence-electron chi connectivity index (χ3n) is 2.19. The summed E-state index contributed by atoms with van der Waals surface area (Å²) in [4.78, 5) is 13.3. The van der Waals surface area contributed by atoms with E-state index in [0.717, 1.165) is 12.1 Å². The predicted octanol–water partition coefficient (Wildman–Crippen LogP) is 1.26. The molecule has 0 saturated heterocycles. The van der Waals surface area contributed by atoms with Crippen molar-refractivity contribution in [3.05, 3.63) is 27.9 Å². The second kappa shape index (κ2) is 5.29. The number of aromatic nitrogens is 1. The van der Waals surface area contributed by atoms with Crippen molar-refractivity contribution in [3.63, 3.8) is 0 Å². The highest BCUT2D eigenvalue weighted by molar-refractivity contribution is 7.92. The van der Waals surface area contributed by atoms with E-state index in [0.29, 0.717) is 0 Å². The van der Waals surface area contributed by atoms with Crippen LogP contribution in [0.15, 0.2) is 17.2 Å². The quantitative estimate of drug-likeness (QED) is 0.468. The van der Waals surface area contributed by atoms with Gasteiger partial charge in [-0.1, -0.05) is 0 Å². The highest BCUT2D eigenvalue weighted by Crippen LogP contribution is 2.21. The van der Waals surface area contributed by atoms with E-state index in [2.05, 4.69) is 4.98 Å². The van der Waals surface area contributed by atoms with Crippen molar-refractivity contribution in [1.82, 2.24) is 4.98 Å². The van der Waals surface area contributed by atoms with Crippen molar-refractivity contribution >= 4 is 27.1 Å². The Morgan fingerprint density at radius 3 is 2.67 bits per heavy atom. The van der Waals surface area contributed by atoms with Crippen LogP contribution in [0.25, 0.3) is 0 Å². The fraction of sp³-hybridized carbons (Fsp3) is 0.333. The van der Waals surface area contributed by atoms with E-state index in [4.69, 9.17) is 16.9 Å². The molecule has 0 amide bonds. The first kappa shape index (κ1) is 14.3. The molecule has 1 aromatic rings. The number of hydrogen-bond acceptors (Lipinski definition) is 6. The zero-order valence-corrected chi connectivity index (χ0v) is 10.8. The fourth-order valence-electron chi connectivity index (χ4n) is 1.11. The number of sulfone groups is 1. The van der Waals surface area contributed by atoms with E-state index < -0.39 is 36.4 Å². The Hall–Kier alpha value is -1.72. The normalized spacial score (nSPS) is 12.7. The minimum Gasteiger partial charge on any atom is -0.258 e. The molecular weight excluding hydrogens is 282 g/mol. The lowest BCUT2D eigenvalue weighted by atomic mass is 10.3. The first-order valence-corrected chi connectivity index (χ1v) is 6.78. The van der Waals surface area contributed by atoms with Crippen LogP contribution in [-0.2, 0) is 9.84 Å². The van der Waals surface area contributed by atoms with Crippen LogP contribution in [0.3, 0.4) is 0 Å². The Bertz CT molecular complexity index is 623. The number of hydrogen-bond donors (Lipinski definition) is 0. The standard InChI is InChI=1S/C9H8ClN3O4S/c1-6(4-10)18(16,17)9-3-2-8(13(14)15)7(5-11)12-9/h2-3,6H,4H2,1H3. The molecule has 9 heteroatoms. The highest BCUT2D eigenvalue weighted by Gasteiger charge is 2.26. The van der Waals surface area contributed by atoms with Crippen LogP contribution in [0.4, 0.5) is 5.69 Å². The SMILES string of the molecule is CC(CCl)S(=O)(=O)c1ccc([N+](=O)[O-])c(C#N)n1. The van der Waals surface area contributed by atoms with Crippen LogP contribution < -0.4 is 0 Å². The second-order valence-corrected chi connectivity index (χ2v) is 6.02.